The van der Waals surface area contributed by atoms with Crippen molar-refractivity contribution < 1.29 is 107 Å². The Morgan fingerprint density at radius 1 is 0.658 bits per heavy atom. The van der Waals surface area contributed by atoms with E-state index in [1.807, 2.05) is 91.0 Å². The lowest BCUT2D eigenvalue weighted by atomic mass is 9.90. The van der Waals surface area contributed by atoms with Gasteiger partial charge in [0.05, 0.1) is 28.0 Å². The standard InChI is InChI=1S/C54H53N9O10.C49H74IN11O13S2/c1-55-50(67)44(29-47-56-22-23-57-47)63-51(68)42(24-31-10-4-2-5-11-31)62-52(69)43(25-32-30-59-41-13-8-7-12-36(32)41)61-48(66)14-6-3-9-21-58-54(72)60-33-15-18-37(40(26-33)53(70)71)49-38-19-16-34(64)27-45(38)73-46-28-35(65)17-20-39(46)49;1-8-25(6)40(48(73)54-31(41(51)66)11-23(2)3)60-45(70)34(15-28-18-52-22-53-28)56-46(71)36-21-76-75-20-26(7)49(74)61-19-29(62)16-37(61)47(72)58-33(14-27-9-10-38(63)30(50)13-27)43(68)57-35(17-39(64)65)44(69)55-32(12-24(4)5)42(67)59-36/h2,4-5,7-8,10-13,15-20,22-23,26-28,30,42-44,59,64H,3,6,9,14,21,24-25,29H2,1H3,(H,55,67)(H,56,57)(H,61,66)(H,62,69)(H,63,68)(H,70,71)(H2,58,60,72);10,13,18,22-27,29,31-37,40,62-63H,8-9,11-12,14-17,19-21H2,1-7H3,(H2,51,66)(H,52,53)(H,54,73)(H,55,69)(H,56,71)(H,57,68)(H,58,72)(H,59,67)(H,60,70)(H,64,65)/t42-,43-,44-;25?,26-,27?,29?,31-,32-,33-,34-,35-,36-,37-,40-/m00/s1. The first-order valence-corrected chi connectivity index (χ1v) is 52.6. The van der Waals surface area contributed by atoms with Crippen LogP contribution < -0.4 is 80.3 Å². The van der Waals surface area contributed by atoms with Gasteiger partial charge >= 0.3 is 18.0 Å². The number of aliphatic carboxylic acids is 1. The van der Waals surface area contributed by atoms with Crippen LogP contribution in [0.1, 0.15) is 152 Å². The molecular formula is C103H127IN20O23S2. The van der Waals surface area contributed by atoms with Gasteiger partial charge < -0.3 is 125 Å². The van der Waals surface area contributed by atoms with E-state index in [9.17, 15) is 107 Å². The number of imidazole rings is 2. The second-order valence-electron chi connectivity index (χ2n) is 37.9. The number of amides is 15. The van der Waals surface area contributed by atoms with Crippen molar-refractivity contribution in [1.82, 2.24) is 93.6 Å². The smallest absolute Gasteiger partial charge is 0.336 e. The van der Waals surface area contributed by atoms with Gasteiger partial charge in [0.15, 0.2) is 5.43 Å². The van der Waals surface area contributed by atoms with Gasteiger partial charge in [0, 0.05) is 152 Å². The number of H-pyrrole nitrogens is 3. The predicted molar refractivity (Wildman–Crippen MR) is 564 cm³/mol. The van der Waals surface area contributed by atoms with E-state index in [0.29, 0.717) is 62.9 Å². The molecule has 15 atom stereocenters. The number of nitrogens with two attached hydrogens (primary N) is 1. The maximum absolute atomic E-state index is 14.6. The number of aromatic nitrogens is 5. The fourth-order valence-corrected chi connectivity index (χ4v) is 20.7. The highest BCUT2D eigenvalue weighted by Gasteiger charge is 2.44. The number of hydrogen-bond acceptors (Lipinski definition) is 25. The van der Waals surface area contributed by atoms with Gasteiger partial charge in [-0.1, -0.05) is 144 Å². The SMILES string of the molecule is CCC(C)[C@H](NC(=O)[C@H](Cc1cnc[nH]1)NC(=O)[C@@H]1CSSC[C@H](C)C(=O)N2CC(O)C[C@H]2C(=O)N[C@@H](CC2C=C(I)C(O)=CC2)C(=O)N[C@@H](CC(=O)O)C(=O)N[C@@H](CC(C)C)C(=O)N1)C(=O)N[C@@H](CC(C)C)C(N)=O.CNC(=O)[C@H](Cc1ncc[nH]1)NC(=O)[C@H](Cc1ccccc1)NC(=O)[C@H](Cc1c[nH]c2ccccc12)NC(=O)CCCCCNC(=O)Nc1ccc(-c2c3ccc(=O)cc-3oc3cc(O)ccc23)c(C(=O)O)c1. The molecule has 796 valence electrons. The van der Waals surface area contributed by atoms with Gasteiger partial charge in [0.2, 0.25) is 76.8 Å². The third-order valence-corrected chi connectivity index (χ3v) is 28.9. The van der Waals surface area contributed by atoms with Crippen LogP contribution in [-0.2, 0) is 92.8 Å². The van der Waals surface area contributed by atoms with Crippen molar-refractivity contribution >= 4 is 167 Å². The van der Waals surface area contributed by atoms with Crippen molar-refractivity contribution in [2.75, 3.05) is 37.0 Å². The number of carbonyl (C=O) groups excluding carboxylic acids is 14. The van der Waals surface area contributed by atoms with E-state index in [1.165, 1.54) is 71.8 Å². The van der Waals surface area contributed by atoms with E-state index in [-0.39, 0.29) is 140 Å². The number of aromatic amines is 3. The van der Waals surface area contributed by atoms with Gasteiger partial charge in [-0.05, 0) is 150 Å². The molecule has 12 rings (SSSR count). The minimum atomic E-state index is -1.80. The number of benzene rings is 5. The van der Waals surface area contributed by atoms with Gasteiger partial charge in [-0.3, -0.25) is 71.9 Å². The number of carboxylic acid groups (broad SMARTS) is 2. The van der Waals surface area contributed by atoms with Crippen molar-refractivity contribution in [2.45, 2.75) is 217 Å². The fourth-order valence-electron chi connectivity index (χ4n) is 17.5. The number of aliphatic hydroxyl groups excluding tert-OH is 2. The molecule has 3 aliphatic heterocycles. The Labute approximate surface area is 879 Å². The number of rotatable bonds is 40. The van der Waals surface area contributed by atoms with Crippen molar-refractivity contribution in [1.29, 1.82) is 0 Å². The molecule has 0 radical (unpaired) electrons. The van der Waals surface area contributed by atoms with Gasteiger partial charge in [-0.15, -0.1) is 0 Å². The summed E-state index contributed by atoms with van der Waals surface area (Å²) in [4.78, 5) is 250. The van der Waals surface area contributed by atoms with Crippen LogP contribution in [0.4, 0.5) is 10.5 Å². The Morgan fingerprint density at radius 3 is 2.01 bits per heavy atom. The first kappa shape index (κ1) is 115. The number of fused-ring (bicyclic) bond motifs is 4. The molecule has 2 fully saturated rings. The number of unbranched alkanes of at least 4 members (excludes halogenated alkanes) is 2. The minimum absolute atomic E-state index is 0.0116. The third-order valence-electron chi connectivity index (χ3n) is 25.4. The Balaban J connectivity index is 0.000000283. The Kier molecular flexibility index (Phi) is 42.2. The molecule has 0 spiro atoms. The van der Waals surface area contributed by atoms with Crippen LogP contribution in [0.3, 0.4) is 0 Å². The number of aromatic hydroxyl groups is 1. The molecule has 149 heavy (non-hydrogen) atoms. The van der Waals surface area contributed by atoms with Crippen molar-refractivity contribution in [2.24, 2.45) is 35.3 Å². The summed E-state index contributed by atoms with van der Waals surface area (Å²) in [5.41, 5.74) is 9.66. The average Bonchev–Trinajstić information content (AvgIpc) is 1.67. The van der Waals surface area contributed by atoms with E-state index >= 15 is 0 Å². The first-order valence-electron chi connectivity index (χ1n) is 49.0. The van der Waals surface area contributed by atoms with Gasteiger partial charge in [0.1, 0.15) is 95.1 Å². The Bertz CT molecular complexity index is 6380. The second kappa shape index (κ2) is 54.8. The first-order chi connectivity index (χ1) is 71.1. The highest BCUT2D eigenvalue weighted by Crippen LogP contribution is 2.43. The molecule has 2 saturated heterocycles. The number of urea groups is 1. The number of nitrogens with zero attached hydrogens (tertiary/aromatic N) is 3. The number of carboxylic acids is 2. The van der Waals surface area contributed by atoms with Crippen LogP contribution in [-0.4, -0.2) is 254 Å². The number of phenolic OH excluding ortho intramolecular Hbond substituents is 1. The molecule has 7 aromatic rings. The fraction of sp³-hybridized carbons (Fsp3) is 0.427. The maximum Gasteiger partial charge on any atom is 0.336 e. The topological polar surface area (TPSA) is 663 Å². The molecule has 43 nitrogen and oxygen atoms in total. The van der Waals surface area contributed by atoms with E-state index in [4.69, 9.17) is 10.2 Å². The number of allylic oxidation sites excluding steroid dienone is 3. The van der Waals surface area contributed by atoms with Crippen LogP contribution in [0.15, 0.2) is 171 Å². The molecular weight excluding hydrogens is 2080 g/mol. The van der Waals surface area contributed by atoms with Crippen LogP contribution in [0.5, 0.6) is 5.75 Å². The second-order valence-corrected chi connectivity index (χ2v) is 41.6. The lowest BCUT2D eigenvalue weighted by molar-refractivity contribution is -0.142. The molecule has 0 bridgehead atoms. The van der Waals surface area contributed by atoms with Crippen molar-refractivity contribution in [3.63, 3.8) is 0 Å². The molecule has 0 saturated carbocycles. The highest BCUT2D eigenvalue weighted by atomic mass is 127. The van der Waals surface area contributed by atoms with E-state index in [2.05, 4.69) is 94.0 Å². The van der Waals surface area contributed by atoms with Gasteiger partial charge in [0.25, 0.3) is 0 Å². The number of hydrogen-bond donors (Lipinski definition) is 22. The molecule has 6 heterocycles. The lowest BCUT2D eigenvalue weighted by Crippen LogP contribution is -2.61. The molecule has 46 heteroatoms. The number of anilines is 1. The Morgan fingerprint density at radius 2 is 1.33 bits per heavy atom. The highest BCUT2D eigenvalue weighted by molar-refractivity contribution is 14.1. The summed E-state index contributed by atoms with van der Waals surface area (Å²) in [6, 6.07) is 15.0. The molecule has 5 aliphatic rings. The summed E-state index contributed by atoms with van der Waals surface area (Å²) in [6.07, 6.45) is 11.2. The van der Waals surface area contributed by atoms with E-state index in [0.717, 1.165) is 32.8 Å². The predicted octanol–water partition coefficient (Wildman–Crippen LogP) is 6.39. The Hall–Kier alpha value is -14.7. The maximum atomic E-state index is 14.6. The third kappa shape index (κ3) is 33.2. The molecule has 23 N–H and O–H groups in total. The summed E-state index contributed by atoms with van der Waals surface area (Å²) in [5.74, 6) is -13.5. The zero-order valence-corrected chi connectivity index (χ0v) is 87.2. The van der Waals surface area contributed by atoms with Crippen molar-refractivity contribution in [3.8, 4) is 28.2 Å². The number of nitrogens with one attached hydrogen (secondary N) is 16. The summed E-state index contributed by atoms with van der Waals surface area (Å²) in [7, 11) is 3.72. The van der Waals surface area contributed by atoms with Crippen molar-refractivity contribution in [3.05, 3.63) is 200 Å². The summed E-state index contributed by atoms with van der Waals surface area (Å²) >= 11 is 1.91. The molecule has 2 aliphatic carbocycles. The number of phenols is 1. The van der Waals surface area contributed by atoms with Crippen LogP contribution in [0.2, 0.25) is 0 Å². The zero-order chi connectivity index (χ0) is 108. The van der Waals surface area contributed by atoms with Gasteiger partial charge in [-0.2, -0.15) is 0 Å². The number of halogens is 1. The van der Waals surface area contributed by atoms with E-state index < -0.39 is 192 Å². The summed E-state index contributed by atoms with van der Waals surface area (Å²) in [5, 5.41) is 87.8. The minimum Gasteiger partial charge on any atom is -0.508 e. The molecule has 4 aromatic carbocycles. The molecule has 15 amide bonds. The number of aromatic carboxylic acids is 1. The lowest BCUT2D eigenvalue weighted by Gasteiger charge is -2.30. The number of aliphatic hydroxyl groups is 2. The molecule has 3 unspecified atom stereocenters. The monoisotopic (exact) mass is 2200 g/mol. The summed E-state index contributed by atoms with van der Waals surface area (Å²) in [6.45, 7) is 12.4. The van der Waals surface area contributed by atoms with Crippen LogP contribution in [0.25, 0.3) is 44.3 Å². The quantitative estimate of drug-likeness (QED) is 0.00855. The molecule has 3 aromatic heterocycles. The largest absolute Gasteiger partial charge is 0.508 e. The number of para-hydroxylation sites is 1. The number of likely N-dealkylation sites (N-methyl/N-ethyl adjacent to an activating group) is 1. The summed E-state index contributed by atoms with van der Waals surface area (Å²) < 4.78 is 6.39. The zero-order valence-electron chi connectivity index (χ0n) is 83.4. The van der Waals surface area contributed by atoms with Crippen LogP contribution in [0, 0.1) is 29.6 Å². The van der Waals surface area contributed by atoms with E-state index in [1.54, 1.807) is 83.4 Å². The van der Waals surface area contributed by atoms with Crippen LogP contribution >= 0.6 is 44.2 Å². The van der Waals surface area contributed by atoms with Gasteiger partial charge in [-0.25, -0.2) is 19.6 Å². The number of primary amides is 1. The number of carbonyl (C=O) groups is 16. The average molecular weight is 2200 g/mol. The normalized spacial score (nSPS) is 19.3.